The molecule has 7 heteroatoms. The molecule has 1 aromatic heterocycles. The molecule has 2 aromatic rings. The molecule has 0 aliphatic carbocycles. The quantitative estimate of drug-likeness (QED) is 0.631. The van der Waals surface area contributed by atoms with Crippen molar-refractivity contribution < 1.29 is 14.3 Å². The summed E-state index contributed by atoms with van der Waals surface area (Å²) in [5, 5.41) is 4.90. The van der Waals surface area contributed by atoms with Crippen molar-refractivity contribution in [1.29, 1.82) is 0 Å². The molecule has 20 heavy (non-hydrogen) atoms. The number of aromatic nitrogens is 1. The molecular formula is C13H11IN2O3S. The van der Waals surface area contributed by atoms with Crippen LogP contribution in [0.4, 0.5) is 5.13 Å². The number of amides is 1. The number of ether oxygens (including phenoxy) is 1. The lowest BCUT2D eigenvalue weighted by molar-refractivity contribution is -0.139. The van der Waals surface area contributed by atoms with E-state index in [0.717, 1.165) is 3.57 Å². The standard InChI is InChI=1S/C13H11IN2O3S/c1-19-11(17)6-10-7-20-13(15-10)16-12(18)8-3-2-4-9(14)5-8/h2-5,7H,6H2,1H3,(H,15,16,18). The maximum atomic E-state index is 12.0. The van der Waals surface area contributed by atoms with E-state index >= 15 is 0 Å². The van der Waals surface area contributed by atoms with Gasteiger partial charge in [-0.15, -0.1) is 11.3 Å². The predicted octanol–water partition coefficient (Wildman–Crippen LogP) is 2.72. The summed E-state index contributed by atoms with van der Waals surface area (Å²) >= 11 is 3.42. The zero-order valence-electron chi connectivity index (χ0n) is 10.6. The van der Waals surface area contributed by atoms with Crippen molar-refractivity contribution in [2.24, 2.45) is 0 Å². The Kier molecular flexibility index (Phi) is 5.07. The molecule has 2 rings (SSSR count). The molecule has 1 N–H and O–H groups in total. The topological polar surface area (TPSA) is 68.3 Å². The molecule has 0 spiro atoms. The lowest BCUT2D eigenvalue weighted by Crippen LogP contribution is -2.12. The highest BCUT2D eigenvalue weighted by Gasteiger charge is 2.11. The Morgan fingerprint density at radius 3 is 2.95 bits per heavy atom. The van der Waals surface area contributed by atoms with Gasteiger partial charge in [-0.3, -0.25) is 14.9 Å². The second kappa shape index (κ2) is 6.80. The first-order chi connectivity index (χ1) is 9.58. The molecular weight excluding hydrogens is 391 g/mol. The van der Waals surface area contributed by atoms with Gasteiger partial charge >= 0.3 is 5.97 Å². The Balaban J connectivity index is 2.03. The summed E-state index contributed by atoms with van der Waals surface area (Å²) < 4.78 is 5.55. The minimum atomic E-state index is -0.356. The third kappa shape index (κ3) is 4.01. The van der Waals surface area contributed by atoms with Gasteiger partial charge in [-0.25, -0.2) is 4.98 Å². The van der Waals surface area contributed by atoms with Gasteiger partial charge in [-0.05, 0) is 40.8 Å². The fraction of sp³-hybridized carbons (Fsp3) is 0.154. The third-order valence-corrected chi connectivity index (χ3v) is 3.89. The number of thiazole rings is 1. The van der Waals surface area contributed by atoms with E-state index in [4.69, 9.17) is 0 Å². The van der Waals surface area contributed by atoms with Gasteiger partial charge in [0.05, 0.1) is 19.2 Å². The molecule has 1 aromatic carbocycles. The van der Waals surface area contributed by atoms with Gasteiger partial charge in [0.2, 0.25) is 0 Å². The molecule has 0 radical (unpaired) electrons. The van der Waals surface area contributed by atoms with Crippen LogP contribution in [0.1, 0.15) is 16.1 Å². The number of esters is 1. The first kappa shape index (κ1) is 14.9. The summed E-state index contributed by atoms with van der Waals surface area (Å²) in [6.07, 6.45) is 0.103. The zero-order valence-corrected chi connectivity index (χ0v) is 13.5. The number of anilines is 1. The summed E-state index contributed by atoms with van der Waals surface area (Å²) in [7, 11) is 1.33. The highest BCUT2D eigenvalue weighted by molar-refractivity contribution is 14.1. The summed E-state index contributed by atoms with van der Waals surface area (Å²) in [6.45, 7) is 0. The van der Waals surface area contributed by atoms with Gasteiger partial charge in [0.25, 0.3) is 5.91 Å². The number of nitrogens with zero attached hydrogens (tertiary/aromatic N) is 1. The average Bonchev–Trinajstić information content (AvgIpc) is 2.85. The number of nitrogens with one attached hydrogen (secondary N) is 1. The van der Waals surface area contributed by atoms with Crippen LogP contribution in [0.2, 0.25) is 0 Å². The second-order valence-corrected chi connectivity index (χ2v) is 5.97. The number of methoxy groups -OCH3 is 1. The summed E-state index contributed by atoms with van der Waals surface area (Å²) in [4.78, 5) is 27.3. The lowest BCUT2D eigenvalue weighted by atomic mass is 10.2. The average molecular weight is 402 g/mol. The smallest absolute Gasteiger partial charge is 0.311 e. The summed E-state index contributed by atoms with van der Waals surface area (Å²) in [6, 6.07) is 7.26. The van der Waals surface area contributed by atoms with E-state index in [1.165, 1.54) is 18.4 Å². The fourth-order valence-corrected chi connectivity index (χ4v) is 2.71. The Labute approximate surface area is 133 Å². The summed E-state index contributed by atoms with van der Waals surface area (Å²) in [5.41, 5.74) is 1.15. The van der Waals surface area contributed by atoms with E-state index in [2.05, 4.69) is 37.6 Å². The van der Waals surface area contributed by atoms with Crippen LogP contribution >= 0.6 is 33.9 Å². The third-order valence-electron chi connectivity index (χ3n) is 2.41. The van der Waals surface area contributed by atoms with Crippen LogP contribution in [0.25, 0.3) is 0 Å². The minimum absolute atomic E-state index is 0.103. The first-order valence-electron chi connectivity index (χ1n) is 5.66. The first-order valence-corrected chi connectivity index (χ1v) is 7.62. The molecule has 0 bridgehead atoms. The van der Waals surface area contributed by atoms with Crippen LogP contribution in [-0.4, -0.2) is 24.0 Å². The molecule has 0 saturated heterocycles. The van der Waals surface area contributed by atoms with E-state index in [-0.39, 0.29) is 18.3 Å². The Morgan fingerprint density at radius 2 is 2.25 bits per heavy atom. The van der Waals surface area contributed by atoms with Crippen molar-refractivity contribution in [3.63, 3.8) is 0 Å². The Morgan fingerprint density at radius 1 is 1.45 bits per heavy atom. The molecule has 104 valence electrons. The van der Waals surface area contributed by atoms with E-state index < -0.39 is 0 Å². The molecule has 0 atom stereocenters. The maximum absolute atomic E-state index is 12.0. The monoisotopic (exact) mass is 402 g/mol. The van der Waals surface area contributed by atoms with Crippen LogP contribution in [0, 0.1) is 3.57 Å². The van der Waals surface area contributed by atoms with Crippen molar-refractivity contribution in [2.75, 3.05) is 12.4 Å². The van der Waals surface area contributed by atoms with Crippen molar-refractivity contribution in [3.8, 4) is 0 Å². The van der Waals surface area contributed by atoms with Gasteiger partial charge in [0, 0.05) is 14.5 Å². The van der Waals surface area contributed by atoms with E-state index in [1.807, 2.05) is 12.1 Å². The zero-order chi connectivity index (χ0) is 14.5. The van der Waals surface area contributed by atoms with Gasteiger partial charge < -0.3 is 4.74 Å². The Hall–Kier alpha value is -1.48. The van der Waals surface area contributed by atoms with Gasteiger partial charge in [0.15, 0.2) is 5.13 Å². The van der Waals surface area contributed by atoms with E-state index in [1.54, 1.807) is 17.5 Å². The van der Waals surface area contributed by atoms with Crippen LogP contribution in [0.3, 0.4) is 0 Å². The van der Waals surface area contributed by atoms with Crippen molar-refractivity contribution >= 4 is 50.9 Å². The van der Waals surface area contributed by atoms with Crippen LogP contribution in [0.5, 0.6) is 0 Å². The van der Waals surface area contributed by atoms with Crippen molar-refractivity contribution in [3.05, 3.63) is 44.5 Å². The number of hydrogen-bond donors (Lipinski definition) is 1. The maximum Gasteiger partial charge on any atom is 0.311 e. The van der Waals surface area contributed by atoms with Crippen LogP contribution < -0.4 is 5.32 Å². The fourth-order valence-electron chi connectivity index (χ4n) is 1.46. The largest absolute Gasteiger partial charge is 0.469 e. The molecule has 0 saturated carbocycles. The Bertz CT molecular complexity index is 642. The predicted molar refractivity (Wildman–Crippen MR) is 84.9 cm³/mol. The highest BCUT2D eigenvalue weighted by atomic mass is 127. The van der Waals surface area contributed by atoms with Gasteiger partial charge in [-0.2, -0.15) is 0 Å². The molecule has 0 unspecified atom stereocenters. The van der Waals surface area contributed by atoms with Crippen LogP contribution in [0.15, 0.2) is 29.6 Å². The highest BCUT2D eigenvalue weighted by Crippen LogP contribution is 2.17. The van der Waals surface area contributed by atoms with Crippen molar-refractivity contribution in [2.45, 2.75) is 6.42 Å². The van der Waals surface area contributed by atoms with E-state index in [0.29, 0.717) is 16.4 Å². The van der Waals surface area contributed by atoms with Gasteiger partial charge in [0.1, 0.15) is 0 Å². The molecule has 5 nitrogen and oxygen atoms in total. The van der Waals surface area contributed by atoms with E-state index in [9.17, 15) is 9.59 Å². The summed E-state index contributed by atoms with van der Waals surface area (Å²) in [5.74, 6) is -0.576. The SMILES string of the molecule is COC(=O)Cc1csc(NC(=O)c2cccc(I)c2)n1. The molecule has 1 amide bonds. The van der Waals surface area contributed by atoms with Gasteiger partial charge in [-0.1, -0.05) is 6.07 Å². The minimum Gasteiger partial charge on any atom is -0.469 e. The number of rotatable bonds is 4. The number of benzene rings is 1. The normalized spacial score (nSPS) is 10.1. The number of carbonyl (C=O) groups is 2. The molecule has 1 heterocycles. The number of carbonyl (C=O) groups excluding carboxylic acids is 2. The molecule has 0 aliphatic heterocycles. The number of halogens is 1. The molecule has 0 aliphatic rings. The van der Waals surface area contributed by atoms with Crippen LogP contribution in [-0.2, 0) is 16.0 Å². The number of hydrogen-bond acceptors (Lipinski definition) is 5. The van der Waals surface area contributed by atoms with Crippen molar-refractivity contribution in [1.82, 2.24) is 4.98 Å². The second-order valence-electron chi connectivity index (χ2n) is 3.86. The molecule has 0 fully saturated rings. The lowest BCUT2D eigenvalue weighted by Gasteiger charge is -2.02.